The average Bonchev–Trinajstić information content (AvgIpc) is 2.80. The lowest BCUT2D eigenvalue weighted by atomic mass is 9.80. The lowest BCUT2D eigenvalue weighted by molar-refractivity contribution is -0.924. The maximum absolute atomic E-state index is 12.8. The number of hydrogen-bond acceptors (Lipinski definition) is 3. The molecule has 33 heavy (non-hydrogen) atoms. The molecule has 0 radical (unpaired) electrons. The summed E-state index contributed by atoms with van der Waals surface area (Å²) >= 11 is 0. The van der Waals surface area contributed by atoms with Gasteiger partial charge in [-0.3, -0.25) is 9.59 Å². The summed E-state index contributed by atoms with van der Waals surface area (Å²) in [6.07, 6.45) is 1.13. The summed E-state index contributed by atoms with van der Waals surface area (Å²) in [5.74, 6) is 1.66. The van der Waals surface area contributed by atoms with Gasteiger partial charge in [0.1, 0.15) is 12.3 Å². The first-order valence-corrected chi connectivity index (χ1v) is 11.6. The molecule has 2 aromatic carbocycles. The van der Waals surface area contributed by atoms with Crippen molar-refractivity contribution >= 4 is 11.6 Å². The van der Waals surface area contributed by atoms with Crippen molar-refractivity contribution < 1.29 is 14.4 Å². The van der Waals surface area contributed by atoms with E-state index in [-0.39, 0.29) is 11.5 Å². The van der Waals surface area contributed by atoms with Crippen molar-refractivity contribution in [2.75, 3.05) is 25.5 Å². The minimum Gasteiger partial charge on any atom is -0.497 e. The number of benzene rings is 2. The van der Waals surface area contributed by atoms with Crippen molar-refractivity contribution in [1.29, 1.82) is 0 Å². The normalized spacial score (nSPS) is 21.2. The number of carbonyl (C=O) groups excluding carboxylic acids is 1. The zero-order chi connectivity index (χ0) is 22.9. The van der Waals surface area contributed by atoms with Gasteiger partial charge in [0.2, 0.25) is 5.91 Å². The molecule has 1 fully saturated rings. The molecular formula is C27H30N3O3+. The third-order valence-electron chi connectivity index (χ3n) is 6.91. The average molecular weight is 445 g/mol. The van der Waals surface area contributed by atoms with Crippen molar-refractivity contribution in [3.63, 3.8) is 0 Å². The molecule has 1 amide bonds. The fraction of sp³-hybridized carbons (Fsp3) is 0.333. The molecule has 0 spiro atoms. The molecule has 3 aromatic rings. The van der Waals surface area contributed by atoms with Crippen LogP contribution in [0.3, 0.4) is 0 Å². The van der Waals surface area contributed by atoms with Crippen LogP contribution in [0.1, 0.15) is 30.5 Å². The summed E-state index contributed by atoms with van der Waals surface area (Å²) in [6, 6.07) is 19.9. The van der Waals surface area contributed by atoms with Gasteiger partial charge in [-0.2, -0.15) is 0 Å². The van der Waals surface area contributed by atoms with E-state index in [2.05, 4.69) is 17.4 Å². The van der Waals surface area contributed by atoms with Crippen molar-refractivity contribution in [2.24, 2.45) is 5.92 Å². The molecule has 170 valence electrons. The summed E-state index contributed by atoms with van der Waals surface area (Å²) < 4.78 is 7.31. The summed E-state index contributed by atoms with van der Waals surface area (Å²) in [7, 11) is 1.69. The number of likely N-dealkylation sites (tertiary alicyclic amines) is 1. The summed E-state index contributed by atoms with van der Waals surface area (Å²) in [5, 5.41) is 2.82. The first kappa shape index (κ1) is 21.5. The summed E-state index contributed by atoms with van der Waals surface area (Å²) in [6.45, 7) is 5.38. The van der Waals surface area contributed by atoms with Crippen LogP contribution in [0.2, 0.25) is 0 Å². The summed E-state index contributed by atoms with van der Waals surface area (Å²) in [5.41, 5.74) is 5.55. The van der Waals surface area contributed by atoms with E-state index in [0.717, 1.165) is 60.9 Å². The third kappa shape index (κ3) is 4.44. The maximum Gasteiger partial charge on any atom is 0.250 e. The number of ether oxygens (including phenoxy) is 1. The van der Waals surface area contributed by atoms with E-state index in [1.54, 1.807) is 18.1 Å². The Morgan fingerprint density at radius 2 is 1.82 bits per heavy atom. The van der Waals surface area contributed by atoms with Crippen LogP contribution in [0.4, 0.5) is 5.69 Å². The number of nitrogens with zero attached hydrogens (tertiary/aromatic N) is 1. The molecule has 6 nitrogen and oxygen atoms in total. The zero-order valence-electron chi connectivity index (χ0n) is 19.1. The number of fused-ring (bicyclic) bond motifs is 4. The van der Waals surface area contributed by atoms with E-state index < -0.39 is 0 Å². The molecular weight excluding hydrogens is 414 g/mol. The van der Waals surface area contributed by atoms with Gasteiger partial charge in [-0.15, -0.1) is 0 Å². The number of aromatic nitrogens is 1. The molecule has 3 atom stereocenters. The highest BCUT2D eigenvalue weighted by atomic mass is 16.5. The number of nitrogens with one attached hydrogen (secondary N) is 2. The molecule has 1 saturated heterocycles. The molecule has 1 aromatic heterocycles. The molecule has 2 N–H and O–H groups in total. The first-order valence-electron chi connectivity index (χ1n) is 11.6. The number of anilines is 1. The van der Waals surface area contributed by atoms with E-state index in [0.29, 0.717) is 11.8 Å². The van der Waals surface area contributed by atoms with Crippen LogP contribution in [0.25, 0.3) is 11.1 Å². The van der Waals surface area contributed by atoms with E-state index in [9.17, 15) is 9.59 Å². The summed E-state index contributed by atoms with van der Waals surface area (Å²) in [4.78, 5) is 25.7. The first-order chi connectivity index (χ1) is 16.0. The maximum atomic E-state index is 12.8. The Balaban J connectivity index is 1.43. The Morgan fingerprint density at radius 3 is 2.52 bits per heavy atom. The molecule has 0 aliphatic carbocycles. The van der Waals surface area contributed by atoms with Gasteiger partial charge < -0.3 is 19.5 Å². The van der Waals surface area contributed by atoms with Crippen molar-refractivity contribution in [2.45, 2.75) is 32.4 Å². The molecule has 2 bridgehead atoms. The SMILES string of the molecule is COc1ccc(C[NH+]2C[C@@H]3C[C@H](C2)c2c(-c4ccc(NC(C)=O)cc4)ccc(=O)n2C3)cc1. The molecule has 0 saturated carbocycles. The minimum absolute atomic E-state index is 0.0837. The number of pyridine rings is 1. The molecule has 3 heterocycles. The van der Waals surface area contributed by atoms with Crippen LogP contribution in [-0.2, 0) is 17.9 Å². The predicted octanol–water partition coefficient (Wildman–Crippen LogP) is 2.68. The van der Waals surface area contributed by atoms with Crippen LogP contribution in [-0.4, -0.2) is 30.7 Å². The second-order valence-corrected chi connectivity index (χ2v) is 9.32. The second kappa shape index (κ2) is 8.87. The van der Waals surface area contributed by atoms with Crippen LogP contribution in [0, 0.1) is 5.92 Å². The molecule has 2 aliphatic rings. The van der Waals surface area contributed by atoms with Crippen LogP contribution >= 0.6 is 0 Å². The second-order valence-electron chi connectivity index (χ2n) is 9.32. The highest BCUT2D eigenvalue weighted by molar-refractivity contribution is 5.89. The van der Waals surface area contributed by atoms with Gasteiger partial charge >= 0.3 is 0 Å². The minimum atomic E-state index is -0.0837. The number of hydrogen-bond donors (Lipinski definition) is 2. The Bertz CT molecular complexity index is 1210. The number of carbonyl (C=O) groups is 1. The Morgan fingerprint density at radius 1 is 1.06 bits per heavy atom. The van der Waals surface area contributed by atoms with E-state index >= 15 is 0 Å². The Kier molecular flexibility index (Phi) is 5.77. The molecule has 5 rings (SSSR count). The van der Waals surface area contributed by atoms with E-state index in [4.69, 9.17) is 4.74 Å². The van der Waals surface area contributed by atoms with Gasteiger partial charge in [-0.05, 0) is 54.4 Å². The van der Waals surface area contributed by atoms with Crippen molar-refractivity contribution in [3.8, 4) is 16.9 Å². The van der Waals surface area contributed by atoms with E-state index in [1.807, 2.05) is 47.0 Å². The molecule has 1 unspecified atom stereocenters. The van der Waals surface area contributed by atoms with Crippen LogP contribution in [0.15, 0.2) is 65.5 Å². The van der Waals surface area contributed by atoms with Gasteiger partial charge in [0, 0.05) is 53.9 Å². The number of methoxy groups -OCH3 is 1. The highest BCUT2D eigenvalue weighted by Gasteiger charge is 2.38. The molecule has 2 aliphatic heterocycles. The van der Waals surface area contributed by atoms with Crippen LogP contribution < -0.4 is 20.5 Å². The van der Waals surface area contributed by atoms with Gasteiger partial charge in [-0.1, -0.05) is 12.1 Å². The van der Waals surface area contributed by atoms with Gasteiger partial charge in [0.05, 0.1) is 20.2 Å². The number of amides is 1. The number of quaternary nitrogens is 1. The Hall–Kier alpha value is -3.38. The van der Waals surface area contributed by atoms with Gasteiger partial charge in [0.15, 0.2) is 0 Å². The predicted molar refractivity (Wildman–Crippen MR) is 129 cm³/mol. The van der Waals surface area contributed by atoms with Crippen LogP contribution in [0.5, 0.6) is 5.75 Å². The number of piperidine rings is 1. The lowest BCUT2D eigenvalue weighted by Crippen LogP contribution is -3.13. The molecule has 6 heteroatoms. The van der Waals surface area contributed by atoms with Gasteiger partial charge in [-0.25, -0.2) is 0 Å². The highest BCUT2D eigenvalue weighted by Crippen LogP contribution is 2.37. The quantitative estimate of drug-likeness (QED) is 0.636. The fourth-order valence-corrected chi connectivity index (χ4v) is 5.59. The Labute approximate surface area is 193 Å². The third-order valence-corrected chi connectivity index (χ3v) is 6.91. The zero-order valence-corrected chi connectivity index (χ0v) is 19.1. The van der Waals surface area contributed by atoms with E-state index in [1.165, 1.54) is 12.5 Å². The number of rotatable bonds is 5. The van der Waals surface area contributed by atoms with Crippen molar-refractivity contribution in [1.82, 2.24) is 4.57 Å². The largest absolute Gasteiger partial charge is 0.497 e. The topological polar surface area (TPSA) is 64.8 Å². The monoisotopic (exact) mass is 444 g/mol. The fourth-order valence-electron chi connectivity index (χ4n) is 5.59. The lowest BCUT2D eigenvalue weighted by Gasteiger charge is -2.41. The standard InChI is InChI=1S/C27H29N3O3/c1-18(31)28-23-7-5-21(6-8-23)25-11-12-26(32)30-16-20-13-22(27(25)30)17-29(15-20)14-19-3-9-24(33-2)10-4-19/h3-12,20,22H,13-17H2,1-2H3,(H,28,31)/p+1/t20-,22+/m0/s1. The van der Waals surface area contributed by atoms with Crippen molar-refractivity contribution in [3.05, 3.63) is 82.3 Å². The smallest absolute Gasteiger partial charge is 0.250 e. The van der Waals surface area contributed by atoms with Gasteiger partial charge in [0.25, 0.3) is 5.56 Å².